The van der Waals surface area contributed by atoms with Crippen molar-refractivity contribution in [3.8, 4) is 0 Å². The molecule has 2 heterocycles. The smallest absolute Gasteiger partial charge is 0.325 e. The second-order valence-electron chi connectivity index (χ2n) is 7.34. The Balaban J connectivity index is 1.53. The summed E-state index contributed by atoms with van der Waals surface area (Å²) < 4.78 is 0. The van der Waals surface area contributed by atoms with Crippen molar-refractivity contribution in [2.45, 2.75) is 19.0 Å². The first kappa shape index (κ1) is 19.1. The predicted octanol–water partition coefficient (Wildman–Crippen LogP) is 3.33. The molecule has 0 spiro atoms. The first-order chi connectivity index (χ1) is 13.9. The van der Waals surface area contributed by atoms with Gasteiger partial charge in [0.15, 0.2) is 0 Å². The van der Waals surface area contributed by atoms with Crippen molar-refractivity contribution in [3.63, 3.8) is 0 Å². The number of carbonyl (C=O) groups excluding carboxylic acids is 3. The van der Waals surface area contributed by atoms with Gasteiger partial charge >= 0.3 is 6.03 Å². The van der Waals surface area contributed by atoms with E-state index in [-0.39, 0.29) is 12.5 Å². The summed E-state index contributed by atoms with van der Waals surface area (Å²) in [5.74, 6) is -0.708. The highest BCUT2D eigenvalue weighted by Crippen LogP contribution is 2.31. The van der Waals surface area contributed by atoms with E-state index < -0.39 is 17.5 Å². The fourth-order valence-corrected chi connectivity index (χ4v) is 4.27. The van der Waals surface area contributed by atoms with Crippen molar-refractivity contribution in [1.82, 2.24) is 15.1 Å². The summed E-state index contributed by atoms with van der Waals surface area (Å²) in [6.07, 6.45) is 0. The second-order valence-corrected chi connectivity index (χ2v) is 8.37. The molecule has 1 N–H and O–H groups in total. The standard InChI is InChI=1S/C22H21N3O3S/c1-22(17-10-9-15-6-3-4-7-16(15)12-17)20(27)25(21(28)23-22)14-19(26)24(2)13-18-8-5-11-29-18/h3-12H,13-14H2,1-2H3,(H,23,28). The van der Waals surface area contributed by atoms with E-state index in [4.69, 9.17) is 0 Å². The quantitative estimate of drug-likeness (QED) is 0.660. The van der Waals surface area contributed by atoms with Gasteiger partial charge in [-0.25, -0.2) is 4.79 Å². The number of rotatable bonds is 5. The highest BCUT2D eigenvalue weighted by molar-refractivity contribution is 7.09. The molecule has 148 valence electrons. The molecule has 3 aromatic rings. The van der Waals surface area contributed by atoms with Crippen molar-refractivity contribution in [2.24, 2.45) is 0 Å². The number of hydrogen-bond donors (Lipinski definition) is 1. The van der Waals surface area contributed by atoms with E-state index in [9.17, 15) is 14.4 Å². The second kappa shape index (κ2) is 7.33. The van der Waals surface area contributed by atoms with Gasteiger partial charge in [-0.3, -0.25) is 14.5 Å². The fourth-order valence-electron chi connectivity index (χ4n) is 3.52. The number of urea groups is 1. The van der Waals surface area contributed by atoms with Gasteiger partial charge in [0.1, 0.15) is 12.1 Å². The maximum atomic E-state index is 13.1. The normalized spacial score (nSPS) is 18.9. The lowest BCUT2D eigenvalue weighted by Gasteiger charge is -2.23. The molecule has 1 fully saturated rings. The van der Waals surface area contributed by atoms with E-state index in [1.165, 1.54) is 4.90 Å². The summed E-state index contributed by atoms with van der Waals surface area (Å²) in [6.45, 7) is 1.84. The number of benzene rings is 2. The van der Waals surface area contributed by atoms with E-state index >= 15 is 0 Å². The summed E-state index contributed by atoms with van der Waals surface area (Å²) in [7, 11) is 1.67. The third kappa shape index (κ3) is 3.49. The van der Waals surface area contributed by atoms with Gasteiger partial charge in [0, 0.05) is 11.9 Å². The third-order valence-electron chi connectivity index (χ3n) is 5.29. The number of likely N-dealkylation sites (N-methyl/N-ethyl adjacent to an activating group) is 1. The first-order valence-electron chi connectivity index (χ1n) is 9.28. The van der Waals surface area contributed by atoms with Gasteiger partial charge in [0.05, 0.1) is 6.54 Å². The Labute approximate surface area is 172 Å². The number of amides is 4. The summed E-state index contributed by atoms with van der Waals surface area (Å²) in [6, 6.07) is 16.8. The van der Waals surface area contributed by atoms with Gasteiger partial charge in [0.2, 0.25) is 5.91 Å². The molecule has 0 radical (unpaired) electrons. The minimum atomic E-state index is -1.20. The SMILES string of the molecule is CN(Cc1cccs1)C(=O)CN1C(=O)NC(C)(c2ccc3ccccc3c2)C1=O. The van der Waals surface area contributed by atoms with Crippen LogP contribution in [0.1, 0.15) is 17.4 Å². The van der Waals surface area contributed by atoms with E-state index in [0.29, 0.717) is 12.1 Å². The Bertz CT molecular complexity index is 1100. The Morgan fingerprint density at radius 2 is 1.86 bits per heavy atom. The molecule has 0 aliphatic carbocycles. The van der Waals surface area contributed by atoms with Gasteiger partial charge < -0.3 is 10.2 Å². The van der Waals surface area contributed by atoms with E-state index in [2.05, 4.69) is 5.32 Å². The van der Waals surface area contributed by atoms with Crippen LogP contribution in [0.3, 0.4) is 0 Å². The number of imide groups is 1. The molecule has 1 unspecified atom stereocenters. The Hall–Kier alpha value is -3.19. The van der Waals surface area contributed by atoms with Crippen LogP contribution < -0.4 is 5.32 Å². The molecular formula is C22H21N3O3S. The topological polar surface area (TPSA) is 69.7 Å². The molecule has 1 atom stereocenters. The van der Waals surface area contributed by atoms with E-state index in [1.54, 1.807) is 25.3 Å². The lowest BCUT2D eigenvalue weighted by atomic mass is 9.90. The van der Waals surface area contributed by atoms with Crippen LogP contribution in [0, 0.1) is 0 Å². The molecule has 4 amide bonds. The summed E-state index contributed by atoms with van der Waals surface area (Å²) in [5, 5.41) is 6.75. The molecule has 2 aromatic carbocycles. The van der Waals surface area contributed by atoms with Gasteiger partial charge in [-0.2, -0.15) is 0 Å². The van der Waals surface area contributed by atoms with Crippen LogP contribution in [0.2, 0.25) is 0 Å². The number of nitrogens with zero attached hydrogens (tertiary/aromatic N) is 2. The van der Waals surface area contributed by atoms with Gasteiger partial charge in [-0.1, -0.05) is 42.5 Å². The number of thiophene rings is 1. The molecule has 1 aliphatic rings. The summed E-state index contributed by atoms with van der Waals surface area (Å²) >= 11 is 1.56. The monoisotopic (exact) mass is 407 g/mol. The molecule has 0 bridgehead atoms. The number of hydrogen-bond acceptors (Lipinski definition) is 4. The van der Waals surface area contributed by atoms with Crippen molar-refractivity contribution >= 4 is 40.0 Å². The van der Waals surface area contributed by atoms with Crippen LogP contribution in [0.5, 0.6) is 0 Å². The lowest BCUT2D eigenvalue weighted by Crippen LogP contribution is -2.43. The Morgan fingerprint density at radius 3 is 2.59 bits per heavy atom. The molecule has 7 heteroatoms. The van der Waals surface area contributed by atoms with Gasteiger partial charge in [-0.05, 0) is 40.8 Å². The van der Waals surface area contributed by atoms with Gasteiger partial charge in [-0.15, -0.1) is 11.3 Å². The number of nitrogens with one attached hydrogen (secondary N) is 1. The van der Waals surface area contributed by atoms with Crippen LogP contribution in [0.25, 0.3) is 10.8 Å². The van der Waals surface area contributed by atoms with E-state index in [0.717, 1.165) is 20.5 Å². The molecular weight excluding hydrogens is 386 g/mol. The van der Waals surface area contributed by atoms with Crippen molar-refractivity contribution in [1.29, 1.82) is 0 Å². The number of fused-ring (bicyclic) bond motifs is 1. The Kier molecular flexibility index (Phi) is 4.84. The van der Waals surface area contributed by atoms with Crippen LogP contribution in [-0.4, -0.2) is 41.2 Å². The van der Waals surface area contributed by atoms with Crippen molar-refractivity contribution in [3.05, 3.63) is 70.4 Å². The van der Waals surface area contributed by atoms with Crippen LogP contribution in [-0.2, 0) is 21.7 Å². The molecule has 0 saturated carbocycles. The zero-order valence-corrected chi connectivity index (χ0v) is 17.0. The molecule has 29 heavy (non-hydrogen) atoms. The molecule has 6 nitrogen and oxygen atoms in total. The van der Waals surface area contributed by atoms with Crippen molar-refractivity contribution < 1.29 is 14.4 Å². The van der Waals surface area contributed by atoms with Crippen LogP contribution in [0.4, 0.5) is 4.79 Å². The lowest BCUT2D eigenvalue weighted by molar-refractivity contribution is -0.138. The minimum Gasteiger partial charge on any atom is -0.339 e. The van der Waals surface area contributed by atoms with Crippen molar-refractivity contribution in [2.75, 3.05) is 13.6 Å². The average Bonchev–Trinajstić information content (AvgIpc) is 3.30. The zero-order chi connectivity index (χ0) is 20.6. The average molecular weight is 407 g/mol. The summed E-state index contributed by atoms with van der Waals surface area (Å²) in [4.78, 5) is 41.8. The predicted molar refractivity (Wildman–Crippen MR) is 112 cm³/mol. The fraction of sp³-hybridized carbons (Fsp3) is 0.227. The molecule has 1 saturated heterocycles. The minimum absolute atomic E-state index is 0.282. The first-order valence-corrected chi connectivity index (χ1v) is 10.2. The zero-order valence-electron chi connectivity index (χ0n) is 16.2. The molecule has 1 aliphatic heterocycles. The van der Waals surface area contributed by atoms with Gasteiger partial charge in [0.25, 0.3) is 5.91 Å². The summed E-state index contributed by atoms with van der Waals surface area (Å²) in [5.41, 5.74) is -0.510. The highest BCUT2D eigenvalue weighted by Gasteiger charge is 2.49. The molecule has 1 aromatic heterocycles. The molecule has 4 rings (SSSR count). The van der Waals surface area contributed by atoms with Crippen LogP contribution >= 0.6 is 11.3 Å². The van der Waals surface area contributed by atoms with Crippen LogP contribution in [0.15, 0.2) is 60.0 Å². The number of carbonyl (C=O) groups is 3. The Morgan fingerprint density at radius 1 is 1.10 bits per heavy atom. The third-order valence-corrected chi connectivity index (χ3v) is 6.16. The largest absolute Gasteiger partial charge is 0.339 e. The maximum Gasteiger partial charge on any atom is 0.325 e. The van der Waals surface area contributed by atoms with E-state index in [1.807, 2.05) is 60.0 Å². The maximum absolute atomic E-state index is 13.1. The highest BCUT2D eigenvalue weighted by atomic mass is 32.1.